The topological polar surface area (TPSA) is 42.2 Å². The molecule has 0 heterocycles. The van der Waals surface area contributed by atoms with E-state index in [0.717, 1.165) is 38.2 Å². The van der Waals surface area contributed by atoms with Crippen molar-refractivity contribution in [2.75, 3.05) is 26.9 Å². The second kappa shape index (κ2) is 8.50. The summed E-state index contributed by atoms with van der Waals surface area (Å²) in [4.78, 5) is 0. The predicted octanol–water partition coefficient (Wildman–Crippen LogP) is 3.54. The van der Waals surface area contributed by atoms with E-state index >= 15 is 0 Å². The molecule has 1 aliphatic carbocycles. The number of rotatable bonds is 8. The highest BCUT2D eigenvalue weighted by Crippen LogP contribution is 2.43. The van der Waals surface area contributed by atoms with Gasteiger partial charge in [0.05, 0.1) is 24.7 Å². The second-order valence-electron chi connectivity index (χ2n) is 5.47. The van der Waals surface area contributed by atoms with Crippen molar-refractivity contribution in [1.82, 2.24) is 0 Å². The van der Waals surface area contributed by atoms with E-state index in [1.54, 1.807) is 7.11 Å². The number of hydrogen-bond acceptors (Lipinski definition) is 3. The molecule has 18 heavy (non-hydrogen) atoms. The largest absolute Gasteiger partial charge is 0.382 e. The molecule has 0 bridgehead atoms. The Kier molecular flexibility index (Phi) is 7.31. The van der Waals surface area contributed by atoms with Gasteiger partial charge >= 0.3 is 0 Å². The molecule has 2 unspecified atom stereocenters. The Morgan fingerprint density at radius 2 is 2.17 bits per heavy atom. The van der Waals surface area contributed by atoms with Gasteiger partial charge in [0.15, 0.2) is 0 Å². The van der Waals surface area contributed by atoms with Gasteiger partial charge in [-0.15, -0.1) is 0 Å². The van der Waals surface area contributed by atoms with E-state index in [-0.39, 0.29) is 5.41 Å². The van der Waals surface area contributed by atoms with Gasteiger partial charge in [0.1, 0.15) is 0 Å². The van der Waals surface area contributed by atoms with Crippen LogP contribution in [0.2, 0.25) is 0 Å². The minimum atomic E-state index is -0.0659. The van der Waals surface area contributed by atoms with Crippen LogP contribution in [0, 0.1) is 22.7 Å². The fourth-order valence-electron chi connectivity index (χ4n) is 2.98. The fraction of sp³-hybridized carbons (Fsp3) is 0.933. The number of hydrogen-bond donors (Lipinski definition) is 0. The Balaban J connectivity index is 2.26. The minimum Gasteiger partial charge on any atom is -0.382 e. The van der Waals surface area contributed by atoms with E-state index in [1.807, 2.05) is 0 Å². The number of nitriles is 1. The van der Waals surface area contributed by atoms with Crippen molar-refractivity contribution in [3.63, 3.8) is 0 Å². The first-order valence-electron chi connectivity index (χ1n) is 7.24. The molecule has 1 rings (SSSR count). The molecule has 1 fully saturated rings. The van der Waals surface area contributed by atoms with Crippen LogP contribution < -0.4 is 0 Å². The summed E-state index contributed by atoms with van der Waals surface area (Å²) < 4.78 is 10.4. The summed E-state index contributed by atoms with van der Waals surface area (Å²) in [5.74, 6) is 0.757. The highest BCUT2D eigenvalue weighted by Gasteiger charge is 2.35. The summed E-state index contributed by atoms with van der Waals surface area (Å²) in [6.45, 7) is 4.31. The van der Waals surface area contributed by atoms with Crippen LogP contribution >= 0.6 is 0 Å². The Bertz CT molecular complexity index is 262. The molecule has 0 aromatic rings. The average molecular weight is 253 g/mol. The molecule has 0 saturated heterocycles. The minimum absolute atomic E-state index is 0.0659. The maximum atomic E-state index is 9.48. The van der Waals surface area contributed by atoms with Gasteiger partial charge in [0.2, 0.25) is 0 Å². The van der Waals surface area contributed by atoms with Crippen molar-refractivity contribution in [3.05, 3.63) is 0 Å². The fourth-order valence-corrected chi connectivity index (χ4v) is 2.98. The van der Waals surface area contributed by atoms with Crippen molar-refractivity contribution in [2.45, 2.75) is 51.9 Å². The Morgan fingerprint density at radius 1 is 1.33 bits per heavy atom. The molecular formula is C15H27NO2. The van der Waals surface area contributed by atoms with E-state index in [4.69, 9.17) is 9.47 Å². The third kappa shape index (κ3) is 4.96. The van der Waals surface area contributed by atoms with Crippen LogP contribution in [0.15, 0.2) is 0 Å². The molecule has 3 nitrogen and oxygen atoms in total. The zero-order chi connectivity index (χ0) is 13.3. The van der Waals surface area contributed by atoms with E-state index in [1.165, 1.54) is 19.3 Å². The number of ether oxygens (including phenoxy) is 2. The highest BCUT2D eigenvalue weighted by molar-refractivity contribution is 5.01. The molecule has 3 heteroatoms. The van der Waals surface area contributed by atoms with E-state index in [9.17, 15) is 5.26 Å². The van der Waals surface area contributed by atoms with Gasteiger partial charge in [-0.3, -0.25) is 0 Å². The monoisotopic (exact) mass is 253 g/mol. The Hall–Kier alpha value is -0.590. The van der Waals surface area contributed by atoms with Crippen LogP contribution in [0.1, 0.15) is 51.9 Å². The molecule has 104 valence electrons. The van der Waals surface area contributed by atoms with E-state index < -0.39 is 0 Å². The van der Waals surface area contributed by atoms with Gasteiger partial charge < -0.3 is 9.47 Å². The lowest BCUT2D eigenvalue weighted by Crippen LogP contribution is -2.27. The Labute approximate surface area is 111 Å². The predicted molar refractivity (Wildman–Crippen MR) is 72.2 cm³/mol. The molecule has 0 aromatic heterocycles. The Morgan fingerprint density at radius 3 is 2.83 bits per heavy atom. The van der Waals surface area contributed by atoms with Crippen LogP contribution in [0.4, 0.5) is 0 Å². The second-order valence-corrected chi connectivity index (χ2v) is 5.47. The smallest absolute Gasteiger partial charge is 0.0700 e. The molecule has 0 amide bonds. The summed E-state index contributed by atoms with van der Waals surface area (Å²) in [6.07, 6.45) is 7.91. The van der Waals surface area contributed by atoms with Gasteiger partial charge in [0.25, 0.3) is 0 Å². The van der Waals surface area contributed by atoms with Crippen molar-refractivity contribution in [2.24, 2.45) is 11.3 Å². The van der Waals surface area contributed by atoms with Gasteiger partial charge in [-0.2, -0.15) is 5.26 Å². The number of nitrogens with zero attached hydrogens (tertiary/aromatic N) is 1. The summed E-state index contributed by atoms with van der Waals surface area (Å²) in [5.41, 5.74) is -0.0659. The van der Waals surface area contributed by atoms with E-state index in [0.29, 0.717) is 13.2 Å². The lowest BCUT2D eigenvalue weighted by atomic mass is 9.67. The highest BCUT2D eigenvalue weighted by atomic mass is 16.5. The first-order valence-corrected chi connectivity index (χ1v) is 7.24. The lowest BCUT2D eigenvalue weighted by molar-refractivity contribution is 0.0622. The van der Waals surface area contributed by atoms with Crippen molar-refractivity contribution in [3.8, 4) is 6.07 Å². The molecule has 0 aromatic carbocycles. The van der Waals surface area contributed by atoms with Gasteiger partial charge in [-0.05, 0) is 31.6 Å². The van der Waals surface area contributed by atoms with Gasteiger partial charge in [-0.25, -0.2) is 0 Å². The third-order valence-electron chi connectivity index (χ3n) is 4.14. The SMILES string of the molecule is CCC1CCCC(C#N)(CCCOCCOC)C1. The lowest BCUT2D eigenvalue weighted by Gasteiger charge is -2.35. The van der Waals surface area contributed by atoms with E-state index in [2.05, 4.69) is 13.0 Å². The van der Waals surface area contributed by atoms with Crippen LogP contribution in [-0.2, 0) is 9.47 Å². The van der Waals surface area contributed by atoms with Gasteiger partial charge in [-0.1, -0.05) is 26.2 Å². The molecular weight excluding hydrogens is 226 g/mol. The van der Waals surface area contributed by atoms with Gasteiger partial charge in [0, 0.05) is 13.7 Å². The van der Waals surface area contributed by atoms with Crippen molar-refractivity contribution >= 4 is 0 Å². The van der Waals surface area contributed by atoms with Crippen LogP contribution in [0.25, 0.3) is 0 Å². The van der Waals surface area contributed by atoms with Crippen LogP contribution in [0.5, 0.6) is 0 Å². The van der Waals surface area contributed by atoms with Crippen molar-refractivity contribution < 1.29 is 9.47 Å². The standard InChI is InChI=1S/C15H27NO2/c1-3-14-6-4-7-15(12-14,13-16)8-5-9-18-11-10-17-2/h14H,3-12H2,1-2H3. The molecule has 0 aliphatic heterocycles. The number of methoxy groups -OCH3 is 1. The van der Waals surface area contributed by atoms with Crippen LogP contribution in [-0.4, -0.2) is 26.9 Å². The maximum Gasteiger partial charge on any atom is 0.0700 e. The first-order chi connectivity index (χ1) is 8.76. The van der Waals surface area contributed by atoms with Crippen LogP contribution in [0.3, 0.4) is 0 Å². The molecule has 0 radical (unpaired) electrons. The average Bonchev–Trinajstić information content (AvgIpc) is 2.43. The maximum absolute atomic E-state index is 9.48. The zero-order valence-corrected chi connectivity index (χ0v) is 11.9. The molecule has 1 saturated carbocycles. The summed E-state index contributed by atoms with van der Waals surface area (Å²) in [7, 11) is 1.68. The normalized spacial score (nSPS) is 27.9. The molecule has 0 spiro atoms. The molecule has 2 atom stereocenters. The molecule has 1 aliphatic rings. The summed E-state index contributed by atoms with van der Waals surface area (Å²) in [6, 6.07) is 2.60. The summed E-state index contributed by atoms with van der Waals surface area (Å²) in [5, 5.41) is 9.48. The first kappa shape index (κ1) is 15.5. The summed E-state index contributed by atoms with van der Waals surface area (Å²) >= 11 is 0. The zero-order valence-electron chi connectivity index (χ0n) is 11.9. The molecule has 0 N–H and O–H groups in total. The third-order valence-corrected chi connectivity index (χ3v) is 4.14. The van der Waals surface area contributed by atoms with Crippen molar-refractivity contribution in [1.29, 1.82) is 5.26 Å². The quantitative estimate of drug-likeness (QED) is 0.621.